The minimum absolute atomic E-state index is 0.0189. The Balaban J connectivity index is 2.00. The van der Waals surface area contributed by atoms with Crippen molar-refractivity contribution in [1.82, 2.24) is 0 Å². The van der Waals surface area contributed by atoms with Crippen molar-refractivity contribution in [2.75, 3.05) is 0 Å². The third kappa shape index (κ3) is 1.46. The Morgan fingerprint density at radius 1 is 1.13 bits per heavy atom. The van der Waals surface area contributed by atoms with Gasteiger partial charge in [-0.1, -0.05) is 0 Å². The zero-order valence-corrected chi connectivity index (χ0v) is 10.6. The molecular formula is C12H18Cl2O. The minimum atomic E-state index is -0.682. The van der Waals surface area contributed by atoms with Gasteiger partial charge in [0.2, 0.25) is 0 Å². The topological polar surface area (TPSA) is 20.2 Å². The molecule has 1 N–H and O–H groups in total. The van der Waals surface area contributed by atoms with Crippen molar-refractivity contribution in [2.45, 2.75) is 55.4 Å². The van der Waals surface area contributed by atoms with Gasteiger partial charge in [-0.3, -0.25) is 0 Å². The van der Waals surface area contributed by atoms with Gasteiger partial charge in [0, 0.05) is 5.41 Å². The summed E-state index contributed by atoms with van der Waals surface area (Å²) in [7, 11) is 0. The van der Waals surface area contributed by atoms with E-state index in [4.69, 9.17) is 23.2 Å². The fourth-order valence-electron chi connectivity index (χ4n) is 4.73. The Labute approximate surface area is 101 Å². The standard InChI is InChI=1S/C12H18Cl2O/c1-10(13,14)11-3-8-2-9(4-11)6-12(15,5-8)7-11/h8-9,15H,2-7H2,1H3. The maximum Gasteiger partial charge on any atom is 0.121 e. The van der Waals surface area contributed by atoms with Crippen molar-refractivity contribution >= 4 is 23.2 Å². The van der Waals surface area contributed by atoms with Crippen LogP contribution in [-0.4, -0.2) is 15.0 Å². The third-order valence-corrected chi connectivity index (χ3v) is 5.76. The highest BCUT2D eigenvalue weighted by molar-refractivity contribution is 6.48. The van der Waals surface area contributed by atoms with Crippen molar-refractivity contribution in [1.29, 1.82) is 0 Å². The van der Waals surface area contributed by atoms with Crippen molar-refractivity contribution in [3.8, 4) is 0 Å². The molecule has 4 saturated carbocycles. The van der Waals surface area contributed by atoms with Gasteiger partial charge in [0.05, 0.1) is 5.60 Å². The number of halogens is 2. The highest BCUT2D eigenvalue weighted by Crippen LogP contribution is 2.67. The van der Waals surface area contributed by atoms with Gasteiger partial charge >= 0.3 is 0 Å². The number of aliphatic hydroxyl groups is 1. The maximum atomic E-state index is 10.5. The summed E-state index contributed by atoms with van der Waals surface area (Å²) in [6, 6.07) is 0. The molecule has 4 aliphatic rings. The van der Waals surface area contributed by atoms with Crippen molar-refractivity contribution in [3.63, 3.8) is 0 Å². The van der Waals surface area contributed by atoms with Crippen molar-refractivity contribution < 1.29 is 5.11 Å². The summed E-state index contributed by atoms with van der Waals surface area (Å²) in [5.74, 6) is 1.32. The van der Waals surface area contributed by atoms with Crippen LogP contribution in [0.1, 0.15) is 45.4 Å². The van der Waals surface area contributed by atoms with Crippen LogP contribution in [0.5, 0.6) is 0 Å². The van der Waals surface area contributed by atoms with Crippen molar-refractivity contribution in [2.24, 2.45) is 17.3 Å². The third-order valence-electron chi connectivity index (χ3n) is 4.96. The van der Waals surface area contributed by atoms with E-state index in [1.807, 2.05) is 6.92 Å². The van der Waals surface area contributed by atoms with Crippen LogP contribution >= 0.6 is 23.2 Å². The summed E-state index contributed by atoms with van der Waals surface area (Å²) in [6.07, 6.45) is 6.30. The number of rotatable bonds is 1. The van der Waals surface area contributed by atoms with Gasteiger partial charge in [0.15, 0.2) is 0 Å². The zero-order chi connectivity index (χ0) is 10.9. The highest BCUT2D eigenvalue weighted by atomic mass is 35.5. The van der Waals surface area contributed by atoms with Crippen LogP contribution in [0, 0.1) is 17.3 Å². The Hall–Kier alpha value is 0.540. The predicted octanol–water partition coefficient (Wildman–Crippen LogP) is 3.51. The molecule has 3 heteroatoms. The largest absolute Gasteiger partial charge is 0.390 e. The second-order valence-electron chi connectivity index (χ2n) is 6.35. The molecule has 0 aromatic heterocycles. The lowest BCUT2D eigenvalue weighted by atomic mass is 9.47. The van der Waals surface area contributed by atoms with Crippen molar-refractivity contribution in [3.05, 3.63) is 0 Å². The quantitative estimate of drug-likeness (QED) is 0.705. The minimum Gasteiger partial charge on any atom is -0.390 e. The lowest BCUT2D eigenvalue weighted by molar-refractivity contribution is -0.166. The molecule has 1 nitrogen and oxygen atoms in total. The molecule has 2 unspecified atom stereocenters. The molecule has 4 aliphatic carbocycles. The molecule has 0 aromatic carbocycles. The molecular weight excluding hydrogens is 231 g/mol. The monoisotopic (exact) mass is 248 g/mol. The lowest BCUT2D eigenvalue weighted by Crippen LogP contribution is -2.60. The lowest BCUT2D eigenvalue weighted by Gasteiger charge is -2.62. The van der Waals surface area contributed by atoms with E-state index in [9.17, 15) is 5.11 Å². The smallest absolute Gasteiger partial charge is 0.121 e. The van der Waals surface area contributed by atoms with Crippen LogP contribution in [0.25, 0.3) is 0 Å². The summed E-state index contributed by atoms with van der Waals surface area (Å²) >= 11 is 12.7. The van der Waals surface area contributed by atoms with Crippen LogP contribution in [0.3, 0.4) is 0 Å². The predicted molar refractivity (Wildman–Crippen MR) is 62.2 cm³/mol. The first-order valence-electron chi connectivity index (χ1n) is 5.92. The van der Waals surface area contributed by atoms with Gasteiger partial charge < -0.3 is 5.11 Å². The van der Waals surface area contributed by atoms with E-state index in [-0.39, 0.29) is 5.41 Å². The molecule has 0 radical (unpaired) electrons. The normalized spacial score (nSPS) is 53.6. The van der Waals surface area contributed by atoms with E-state index in [0.29, 0.717) is 11.8 Å². The SMILES string of the molecule is CC(Cl)(Cl)C12CC3CC(CC(O)(C3)C1)C2. The summed E-state index contributed by atoms with van der Waals surface area (Å²) in [6.45, 7) is 1.91. The molecule has 0 aromatic rings. The van der Waals surface area contributed by atoms with Crippen LogP contribution in [0.4, 0.5) is 0 Å². The fraction of sp³-hybridized carbons (Fsp3) is 1.00. The van der Waals surface area contributed by atoms with E-state index >= 15 is 0 Å². The second kappa shape index (κ2) is 2.86. The van der Waals surface area contributed by atoms with E-state index in [2.05, 4.69) is 0 Å². The summed E-state index contributed by atoms with van der Waals surface area (Å²) in [5.41, 5.74) is -0.468. The van der Waals surface area contributed by atoms with E-state index < -0.39 is 9.93 Å². The van der Waals surface area contributed by atoms with Gasteiger partial charge in [-0.05, 0) is 57.3 Å². The average molecular weight is 249 g/mol. The van der Waals surface area contributed by atoms with E-state index in [0.717, 1.165) is 32.1 Å². The highest BCUT2D eigenvalue weighted by Gasteiger charge is 2.62. The van der Waals surface area contributed by atoms with Gasteiger partial charge in [-0.25, -0.2) is 0 Å². The molecule has 2 atom stereocenters. The van der Waals surface area contributed by atoms with Gasteiger partial charge in [-0.2, -0.15) is 0 Å². The molecule has 4 bridgehead atoms. The first kappa shape index (κ1) is 10.7. The van der Waals surface area contributed by atoms with Gasteiger partial charge in [0.1, 0.15) is 4.33 Å². The van der Waals surface area contributed by atoms with E-state index in [1.54, 1.807) is 0 Å². The summed E-state index contributed by atoms with van der Waals surface area (Å²) in [5, 5.41) is 10.5. The Morgan fingerprint density at radius 3 is 2.07 bits per heavy atom. The number of alkyl halides is 2. The maximum absolute atomic E-state index is 10.5. The second-order valence-corrected chi connectivity index (χ2v) is 8.06. The molecule has 0 saturated heterocycles. The molecule has 4 rings (SSSR count). The zero-order valence-electron chi connectivity index (χ0n) is 9.10. The molecule has 0 amide bonds. The van der Waals surface area contributed by atoms with Crippen LogP contribution in [0.2, 0.25) is 0 Å². The van der Waals surface area contributed by atoms with Crippen LogP contribution in [-0.2, 0) is 0 Å². The molecule has 0 spiro atoms. The Kier molecular flexibility index (Phi) is 2.03. The molecule has 86 valence electrons. The molecule has 0 heterocycles. The molecule has 4 fully saturated rings. The first-order chi connectivity index (χ1) is 6.82. The van der Waals surface area contributed by atoms with Gasteiger partial charge in [-0.15, -0.1) is 23.2 Å². The average Bonchev–Trinajstić information content (AvgIpc) is 1.95. The Bertz CT molecular complexity index is 280. The van der Waals surface area contributed by atoms with Gasteiger partial charge in [0.25, 0.3) is 0 Å². The molecule has 0 aliphatic heterocycles. The van der Waals surface area contributed by atoms with Crippen LogP contribution < -0.4 is 0 Å². The first-order valence-corrected chi connectivity index (χ1v) is 6.68. The number of hydrogen-bond donors (Lipinski definition) is 1. The Morgan fingerprint density at radius 2 is 1.67 bits per heavy atom. The van der Waals surface area contributed by atoms with Crippen LogP contribution in [0.15, 0.2) is 0 Å². The van der Waals surface area contributed by atoms with E-state index in [1.165, 1.54) is 6.42 Å². The summed E-state index contributed by atoms with van der Waals surface area (Å²) in [4.78, 5) is 0. The molecule has 15 heavy (non-hydrogen) atoms. The fourth-order valence-corrected chi connectivity index (χ4v) is 5.17. The summed E-state index contributed by atoms with van der Waals surface area (Å²) < 4.78 is -0.682. The number of hydrogen-bond acceptors (Lipinski definition) is 1.